The maximum absolute atomic E-state index is 11.8. The van der Waals surface area contributed by atoms with Crippen molar-refractivity contribution in [2.24, 2.45) is 11.8 Å². The van der Waals surface area contributed by atoms with Crippen LogP contribution in [0.2, 0.25) is 0 Å². The Morgan fingerprint density at radius 2 is 1.86 bits per heavy atom. The molecule has 0 radical (unpaired) electrons. The first kappa shape index (κ1) is 17.4. The summed E-state index contributed by atoms with van der Waals surface area (Å²) in [5, 5.41) is 40.1. The molecule has 0 aromatic heterocycles. The molecular formula is C16H26O6. The van der Waals surface area contributed by atoms with Crippen LogP contribution in [0.3, 0.4) is 0 Å². The fourth-order valence-corrected chi connectivity index (χ4v) is 3.39. The number of carbonyl (C=O) groups is 1. The summed E-state index contributed by atoms with van der Waals surface area (Å²) in [6, 6.07) is 0. The number of carbonyl (C=O) groups excluding carboxylic acids is 1. The summed E-state index contributed by atoms with van der Waals surface area (Å²) in [4.78, 5) is 11.8. The molecule has 0 saturated heterocycles. The summed E-state index contributed by atoms with van der Waals surface area (Å²) in [5.74, 6) is -1.37. The zero-order chi connectivity index (χ0) is 16.3. The van der Waals surface area contributed by atoms with Crippen LogP contribution >= 0.6 is 0 Å². The van der Waals surface area contributed by atoms with Gasteiger partial charge in [0.2, 0.25) is 0 Å². The number of aliphatic hydroxyl groups excluding tert-OH is 4. The number of cyclic esters (lactones) is 1. The van der Waals surface area contributed by atoms with Gasteiger partial charge >= 0.3 is 5.97 Å². The van der Waals surface area contributed by atoms with Gasteiger partial charge in [0.15, 0.2) is 6.10 Å². The fraction of sp³-hybridized carbons (Fsp3) is 0.812. The normalized spacial score (nSPS) is 45.9. The van der Waals surface area contributed by atoms with Crippen LogP contribution in [-0.4, -0.2) is 56.9 Å². The number of ether oxygens (including phenoxy) is 1. The minimum absolute atomic E-state index is 0.0685. The number of hydrogen-bond donors (Lipinski definition) is 4. The second-order valence-corrected chi connectivity index (χ2v) is 6.49. The maximum atomic E-state index is 11.8. The zero-order valence-electron chi connectivity index (χ0n) is 12.8. The van der Waals surface area contributed by atoms with E-state index in [-0.39, 0.29) is 17.9 Å². The van der Waals surface area contributed by atoms with Gasteiger partial charge in [-0.05, 0) is 50.9 Å². The van der Waals surface area contributed by atoms with E-state index in [4.69, 9.17) is 4.74 Å². The fourth-order valence-electron chi connectivity index (χ4n) is 3.39. The Kier molecular flexibility index (Phi) is 5.97. The molecule has 2 unspecified atom stereocenters. The van der Waals surface area contributed by atoms with E-state index in [1.807, 2.05) is 12.2 Å². The van der Waals surface area contributed by atoms with Crippen LogP contribution < -0.4 is 0 Å². The van der Waals surface area contributed by atoms with Gasteiger partial charge in [-0.3, -0.25) is 0 Å². The summed E-state index contributed by atoms with van der Waals surface area (Å²) in [6.07, 6.45) is 1.59. The van der Waals surface area contributed by atoms with E-state index < -0.39 is 30.4 Å². The highest BCUT2D eigenvalue weighted by Crippen LogP contribution is 2.37. The molecule has 1 heterocycles. The topological polar surface area (TPSA) is 107 Å². The van der Waals surface area contributed by atoms with Gasteiger partial charge in [-0.2, -0.15) is 0 Å². The van der Waals surface area contributed by atoms with Crippen molar-refractivity contribution >= 4 is 5.97 Å². The Hall–Kier alpha value is -0.950. The average Bonchev–Trinajstić information content (AvgIpc) is 2.84. The second-order valence-electron chi connectivity index (χ2n) is 6.49. The van der Waals surface area contributed by atoms with E-state index in [1.165, 1.54) is 0 Å². The maximum Gasteiger partial charge on any atom is 0.338 e. The molecule has 0 bridgehead atoms. The van der Waals surface area contributed by atoms with Gasteiger partial charge in [0.25, 0.3) is 0 Å². The van der Waals surface area contributed by atoms with Crippen molar-refractivity contribution in [3.8, 4) is 0 Å². The molecule has 22 heavy (non-hydrogen) atoms. The molecule has 7 atom stereocenters. The minimum atomic E-state index is -1.78. The standard InChI is InChI=1S/C16H26O6/c1-9-5-3-2-4-6-10-7-11(17)8-12(10)13(18)14(19)15(20)16(21)22-9/h4,6,9-15,17-20H,2-3,5,7-8H2,1H3/b6-4+/t9-,10+,11-,12+,13-,14?,15?/m0/s1. The summed E-state index contributed by atoms with van der Waals surface area (Å²) in [6.45, 7) is 1.74. The van der Waals surface area contributed by atoms with Crippen molar-refractivity contribution in [1.29, 1.82) is 0 Å². The quantitative estimate of drug-likeness (QED) is 0.374. The predicted octanol–water partition coefficient (Wildman–Crippen LogP) is 0.128. The monoisotopic (exact) mass is 314 g/mol. The molecular weight excluding hydrogens is 288 g/mol. The van der Waals surface area contributed by atoms with Gasteiger partial charge < -0.3 is 25.2 Å². The molecule has 1 aliphatic heterocycles. The Morgan fingerprint density at radius 3 is 2.59 bits per heavy atom. The van der Waals surface area contributed by atoms with Gasteiger partial charge in [-0.15, -0.1) is 0 Å². The average molecular weight is 314 g/mol. The number of hydrogen-bond acceptors (Lipinski definition) is 6. The molecule has 126 valence electrons. The van der Waals surface area contributed by atoms with E-state index >= 15 is 0 Å². The largest absolute Gasteiger partial charge is 0.461 e. The summed E-state index contributed by atoms with van der Waals surface area (Å²) in [5.41, 5.74) is 0. The van der Waals surface area contributed by atoms with Crippen molar-refractivity contribution < 1.29 is 30.0 Å². The first-order valence-corrected chi connectivity index (χ1v) is 7.99. The lowest BCUT2D eigenvalue weighted by Crippen LogP contribution is -2.47. The number of rotatable bonds is 0. The SMILES string of the molecule is C[C@H]1CCC/C=C/[C@@H]2C[C@H](O)C[C@H]2[C@H](O)C(O)C(O)C(=O)O1. The van der Waals surface area contributed by atoms with E-state index in [0.29, 0.717) is 19.3 Å². The number of aliphatic hydroxyl groups is 4. The van der Waals surface area contributed by atoms with Crippen molar-refractivity contribution in [1.82, 2.24) is 0 Å². The smallest absolute Gasteiger partial charge is 0.338 e. The summed E-state index contributed by atoms with van der Waals surface area (Å²) >= 11 is 0. The minimum Gasteiger partial charge on any atom is -0.461 e. The first-order valence-electron chi connectivity index (χ1n) is 7.99. The number of esters is 1. The van der Waals surface area contributed by atoms with Gasteiger partial charge in [-0.1, -0.05) is 12.2 Å². The van der Waals surface area contributed by atoms with Crippen molar-refractivity contribution in [2.45, 2.75) is 69.5 Å². The van der Waals surface area contributed by atoms with E-state index in [0.717, 1.165) is 12.8 Å². The first-order chi connectivity index (χ1) is 10.4. The molecule has 1 aliphatic carbocycles. The van der Waals surface area contributed by atoms with Gasteiger partial charge in [0.05, 0.1) is 18.3 Å². The summed E-state index contributed by atoms with van der Waals surface area (Å²) in [7, 11) is 0. The van der Waals surface area contributed by atoms with Gasteiger partial charge in [-0.25, -0.2) is 4.79 Å². The van der Waals surface area contributed by atoms with Gasteiger partial charge in [0.1, 0.15) is 6.10 Å². The van der Waals surface area contributed by atoms with Crippen LogP contribution in [0.5, 0.6) is 0 Å². The number of allylic oxidation sites excluding steroid dienone is 2. The Morgan fingerprint density at radius 1 is 1.14 bits per heavy atom. The van der Waals surface area contributed by atoms with Crippen LogP contribution in [0.25, 0.3) is 0 Å². The van der Waals surface area contributed by atoms with E-state index in [9.17, 15) is 25.2 Å². The molecule has 4 N–H and O–H groups in total. The van der Waals surface area contributed by atoms with Crippen LogP contribution in [0.15, 0.2) is 12.2 Å². The van der Waals surface area contributed by atoms with E-state index in [2.05, 4.69) is 0 Å². The van der Waals surface area contributed by atoms with Crippen molar-refractivity contribution in [3.05, 3.63) is 12.2 Å². The molecule has 6 nitrogen and oxygen atoms in total. The van der Waals surface area contributed by atoms with Crippen molar-refractivity contribution in [3.63, 3.8) is 0 Å². The molecule has 0 aromatic rings. The summed E-state index contributed by atoms with van der Waals surface area (Å²) < 4.78 is 5.09. The molecule has 0 amide bonds. The molecule has 2 rings (SSSR count). The van der Waals surface area contributed by atoms with Crippen molar-refractivity contribution in [2.75, 3.05) is 0 Å². The molecule has 0 aromatic carbocycles. The lowest BCUT2D eigenvalue weighted by atomic mass is 9.86. The highest BCUT2D eigenvalue weighted by Gasteiger charge is 2.43. The Balaban J connectivity index is 2.18. The van der Waals surface area contributed by atoms with Crippen LogP contribution in [0.4, 0.5) is 0 Å². The third-order valence-electron chi connectivity index (χ3n) is 4.67. The highest BCUT2D eigenvalue weighted by molar-refractivity contribution is 5.75. The Bertz CT molecular complexity index is 409. The lowest BCUT2D eigenvalue weighted by Gasteiger charge is -2.29. The lowest BCUT2D eigenvalue weighted by molar-refractivity contribution is -0.171. The second kappa shape index (κ2) is 7.55. The molecule has 0 spiro atoms. The zero-order valence-corrected chi connectivity index (χ0v) is 12.8. The molecule has 1 saturated carbocycles. The third kappa shape index (κ3) is 4.07. The molecule has 1 fully saturated rings. The molecule has 6 heteroatoms. The van der Waals surface area contributed by atoms with Crippen LogP contribution in [-0.2, 0) is 9.53 Å². The predicted molar refractivity (Wildman–Crippen MR) is 78.8 cm³/mol. The van der Waals surface area contributed by atoms with E-state index in [1.54, 1.807) is 6.92 Å². The highest BCUT2D eigenvalue weighted by atomic mass is 16.6. The van der Waals surface area contributed by atoms with Crippen LogP contribution in [0, 0.1) is 11.8 Å². The molecule has 2 aliphatic rings. The third-order valence-corrected chi connectivity index (χ3v) is 4.67. The Labute approximate surface area is 130 Å². The number of fused-ring (bicyclic) bond motifs is 1. The van der Waals surface area contributed by atoms with Gasteiger partial charge in [0, 0.05) is 0 Å². The van der Waals surface area contributed by atoms with Crippen LogP contribution in [0.1, 0.15) is 39.0 Å².